The first-order valence-corrected chi connectivity index (χ1v) is 14.6. The summed E-state index contributed by atoms with van der Waals surface area (Å²) in [5.74, 6) is 1.02. The molecule has 2 heterocycles. The van der Waals surface area contributed by atoms with Crippen LogP contribution in [0.25, 0.3) is 28.1 Å². The standard InChI is InChI=1S/C33H35ClN6O4/c1-33(2,3)44-32(42)40-14-12-39(13-15-40)25-9-10-27(28(19-25)43-4)37-31-36-20-23-16-21(8-11-29(34)41)17-26(30(23)38-31)22-6-5-7-24(35)18-22/h5-11,16-20H,12-15,35H2,1-4H3,(H,36,37,38)/b11-8+. The molecule has 0 radical (unpaired) electrons. The van der Waals surface area contributed by atoms with Crippen molar-refractivity contribution in [2.75, 3.05) is 49.2 Å². The Morgan fingerprint density at radius 2 is 1.82 bits per heavy atom. The van der Waals surface area contributed by atoms with Crippen molar-refractivity contribution in [2.24, 2.45) is 0 Å². The highest BCUT2D eigenvalue weighted by atomic mass is 35.5. The number of nitrogens with two attached hydrogens (primary N) is 1. The van der Waals surface area contributed by atoms with E-state index in [9.17, 15) is 9.59 Å². The molecule has 1 aliphatic heterocycles. The predicted molar refractivity (Wildman–Crippen MR) is 176 cm³/mol. The number of benzene rings is 3. The molecule has 0 unspecified atom stereocenters. The predicted octanol–water partition coefficient (Wildman–Crippen LogP) is 6.47. The molecule has 3 aromatic carbocycles. The van der Waals surface area contributed by atoms with Gasteiger partial charge in [0, 0.05) is 60.8 Å². The van der Waals surface area contributed by atoms with Crippen molar-refractivity contribution in [3.63, 3.8) is 0 Å². The number of hydrogen-bond donors (Lipinski definition) is 2. The number of ether oxygens (including phenoxy) is 2. The zero-order valence-electron chi connectivity index (χ0n) is 25.1. The number of methoxy groups -OCH3 is 1. The van der Waals surface area contributed by atoms with E-state index in [1.54, 1.807) is 24.3 Å². The minimum Gasteiger partial charge on any atom is -0.494 e. The molecule has 1 aromatic heterocycles. The van der Waals surface area contributed by atoms with Crippen LogP contribution in [-0.2, 0) is 9.53 Å². The van der Waals surface area contributed by atoms with Crippen LogP contribution in [0, 0.1) is 0 Å². The summed E-state index contributed by atoms with van der Waals surface area (Å²) in [6.45, 7) is 8.08. The number of anilines is 4. The molecule has 0 saturated carbocycles. The third-order valence-electron chi connectivity index (χ3n) is 7.04. The normalized spacial score (nSPS) is 13.8. The number of halogens is 1. The van der Waals surface area contributed by atoms with Crippen LogP contribution in [-0.4, -0.2) is 65.1 Å². The van der Waals surface area contributed by atoms with Crippen molar-refractivity contribution in [1.29, 1.82) is 0 Å². The maximum atomic E-state index is 12.5. The number of nitrogens with one attached hydrogen (secondary N) is 1. The summed E-state index contributed by atoms with van der Waals surface area (Å²) in [6, 6.07) is 17.2. The Labute approximate surface area is 261 Å². The van der Waals surface area contributed by atoms with Crippen molar-refractivity contribution < 1.29 is 19.1 Å². The number of hydrogen-bond acceptors (Lipinski definition) is 9. The molecule has 10 nitrogen and oxygen atoms in total. The molecule has 0 bridgehead atoms. The van der Waals surface area contributed by atoms with Crippen LogP contribution in [0.5, 0.6) is 5.75 Å². The van der Waals surface area contributed by atoms with Crippen LogP contribution in [0.1, 0.15) is 26.3 Å². The van der Waals surface area contributed by atoms with Crippen LogP contribution >= 0.6 is 11.6 Å². The van der Waals surface area contributed by atoms with Gasteiger partial charge in [0.15, 0.2) is 0 Å². The molecule has 1 amide bonds. The molecule has 4 aromatic rings. The van der Waals surface area contributed by atoms with Crippen LogP contribution in [0.2, 0.25) is 0 Å². The van der Waals surface area contributed by atoms with Gasteiger partial charge in [-0.2, -0.15) is 0 Å². The summed E-state index contributed by atoms with van der Waals surface area (Å²) in [4.78, 5) is 37.2. The maximum Gasteiger partial charge on any atom is 0.410 e. The second-order valence-electron chi connectivity index (χ2n) is 11.4. The molecule has 1 saturated heterocycles. The number of allylic oxidation sites excluding steroid dienone is 1. The number of rotatable bonds is 7. The zero-order valence-corrected chi connectivity index (χ0v) is 25.9. The molecule has 1 aliphatic rings. The molecule has 5 rings (SSSR count). The maximum absolute atomic E-state index is 12.5. The Hall–Kier alpha value is -4.83. The Kier molecular flexibility index (Phi) is 8.91. The fourth-order valence-electron chi connectivity index (χ4n) is 4.99. The van der Waals surface area contributed by atoms with E-state index in [1.807, 2.05) is 75.4 Å². The van der Waals surface area contributed by atoms with Gasteiger partial charge in [0.1, 0.15) is 11.4 Å². The van der Waals surface area contributed by atoms with Crippen LogP contribution < -0.4 is 20.7 Å². The first kappa shape index (κ1) is 30.6. The monoisotopic (exact) mass is 614 g/mol. The van der Waals surface area contributed by atoms with E-state index in [4.69, 9.17) is 31.8 Å². The highest BCUT2D eigenvalue weighted by molar-refractivity contribution is 6.66. The molecule has 3 N–H and O–H groups in total. The Bertz CT molecular complexity index is 1730. The molecular formula is C33H35ClN6O4. The second kappa shape index (κ2) is 12.8. The largest absolute Gasteiger partial charge is 0.494 e. The fraction of sp³-hybridized carbons (Fsp3) is 0.273. The highest BCUT2D eigenvalue weighted by Crippen LogP contribution is 2.34. The van der Waals surface area contributed by atoms with E-state index in [0.29, 0.717) is 54.8 Å². The lowest BCUT2D eigenvalue weighted by Crippen LogP contribution is -2.50. The van der Waals surface area contributed by atoms with Gasteiger partial charge in [-0.3, -0.25) is 4.79 Å². The zero-order chi connectivity index (χ0) is 31.4. The average Bonchev–Trinajstić information content (AvgIpc) is 2.99. The van der Waals surface area contributed by atoms with Gasteiger partial charge < -0.3 is 30.3 Å². The first-order chi connectivity index (χ1) is 21.0. The van der Waals surface area contributed by atoms with Crippen LogP contribution in [0.3, 0.4) is 0 Å². The van der Waals surface area contributed by atoms with Gasteiger partial charge >= 0.3 is 6.09 Å². The molecule has 228 valence electrons. The molecule has 0 spiro atoms. The van der Waals surface area contributed by atoms with Crippen LogP contribution in [0.15, 0.2) is 66.9 Å². The number of nitrogen functional groups attached to an aromatic ring is 1. The number of carbonyl (C=O) groups is 2. The van der Waals surface area contributed by atoms with Gasteiger partial charge in [-0.1, -0.05) is 18.2 Å². The number of nitrogens with zero attached hydrogens (tertiary/aromatic N) is 4. The third-order valence-corrected chi connectivity index (χ3v) is 7.16. The van der Waals surface area contributed by atoms with Crippen molar-refractivity contribution in [3.05, 3.63) is 72.4 Å². The minimum atomic E-state index is -0.561. The van der Waals surface area contributed by atoms with Gasteiger partial charge in [0.2, 0.25) is 11.2 Å². The van der Waals surface area contributed by atoms with E-state index in [0.717, 1.165) is 27.8 Å². The van der Waals surface area contributed by atoms with Crippen molar-refractivity contribution in [2.45, 2.75) is 26.4 Å². The van der Waals surface area contributed by atoms with Gasteiger partial charge in [-0.15, -0.1) is 0 Å². The smallest absolute Gasteiger partial charge is 0.410 e. The third kappa shape index (κ3) is 7.38. The van der Waals surface area contributed by atoms with Crippen molar-refractivity contribution in [3.8, 4) is 16.9 Å². The molecule has 11 heteroatoms. The van der Waals surface area contributed by atoms with Gasteiger partial charge in [-0.25, -0.2) is 14.8 Å². The van der Waals surface area contributed by atoms with E-state index in [-0.39, 0.29) is 6.09 Å². The summed E-state index contributed by atoms with van der Waals surface area (Å²) in [7, 11) is 1.62. The quantitative estimate of drug-likeness (QED) is 0.137. The fourth-order valence-corrected chi connectivity index (χ4v) is 5.05. The second-order valence-corrected chi connectivity index (χ2v) is 11.8. The van der Waals surface area contributed by atoms with Crippen molar-refractivity contribution in [1.82, 2.24) is 14.9 Å². The number of carbonyl (C=O) groups excluding carboxylic acids is 2. The number of aromatic nitrogens is 2. The number of amides is 1. The lowest BCUT2D eigenvalue weighted by molar-refractivity contribution is -0.107. The molecule has 1 fully saturated rings. The highest BCUT2D eigenvalue weighted by Gasteiger charge is 2.26. The first-order valence-electron chi connectivity index (χ1n) is 14.2. The van der Waals surface area contributed by atoms with Gasteiger partial charge in [0.25, 0.3) is 0 Å². The van der Waals surface area contributed by atoms with E-state index >= 15 is 0 Å². The topological polar surface area (TPSA) is 123 Å². The number of fused-ring (bicyclic) bond motifs is 1. The van der Waals surface area contributed by atoms with Crippen LogP contribution in [0.4, 0.5) is 27.8 Å². The Morgan fingerprint density at radius 3 is 2.50 bits per heavy atom. The minimum absolute atomic E-state index is 0.290. The summed E-state index contributed by atoms with van der Waals surface area (Å²) >= 11 is 5.53. The summed E-state index contributed by atoms with van der Waals surface area (Å²) in [5.41, 5.74) is 11.1. The lowest BCUT2D eigenvalue weighted by atomic mass is 9.99. The summed E-state index contributed by atoms with van der Waals surface area (Å²) in [6.07, 6.45) is 4.40. The van der Waals surface area contributed by atoms with E-state index < -0.39 is 10.8 Å². The Morgan fingerprint density at radius 1 is 1.05 bits per heavy atom. The molecular weight excluding hydrogens is 580 g/mol. The van der Waals surface area contributed by atoms with E-state index in [2.05, 4.69) is 15.2 Å². The van der Waals surface area contributed by atoms with Gasteiger partial charge in [0.05, 0.1) is 18.3 Å². The van der Waals surface area contributed by atoms with Crippen molar-refractivity contribution >= 4 is 62.9 Å². The molecule has 0 aliphatic carbocycles. The summed E-state index contributed by atoms with van der Waals surface area (Å²) in [5, 5.41) is 3.52. The Balaban J connectivity index is 1.39. The number of piperazine rings is 1. The van der Waals surface area contributed by atoms with Gasteiger partial charge in [-0.05, 0) is 86.0 Å². The lowest BCUT2D eigenvalue weighted by Gasteiger charge is -2.37. The van der Waals surface area contributed by atoms with E-state index in [1.165, 1.54) is 6.08 Å². The molecule has 0 atom stereocenters. The summed E-state index contributed by atoms with van der Waals surface area (Å²) < 4.78 is 11.2. The molecule has 44 heavy (non-hydrogen) atoms. The average molecular weight is 615 g/mol. The SMILES string of the molecule is COc1cc(N2CCN(C(=O)OC(C)(C)C)CC2)ccc1Nc1ncc2cc(/C=C/C(=O)Cl)cc(-c3cccc(N)c3)c2n1.